The van der Waals surface area contributed by atoms with Crippen LogP contribution in [0, 0.1) is 0 Å². The van der Waals surface area contributed by atoms with Gasteiger partial charge in [0.05, 0.1) is 0 Å². The van der Waals surface area contributed by atoms with Crippen LogP contribution in [0.1, 0.15) is 19.4 Å². The van der Waals surface area contributed by atoms with Gasteiger partial charge < -0.3 is 15.3 Å². The molecule has 0 spiro atoms. The van der Waals surface area contributed by atoms with Crippen LogP contribution in [0.3, 0.4) is 0 Å². The van der Waals surface area contributed by atoms with Gasteiger partial charge in [-0.15, -0.1) is 0 Å². The molecule has 6 heteroatoms. The maximum absolute atomic E-state index is 11.6. The van der Waals surface area contributed by atoms with Gasteiger partial charge in [0.1, 0.15) is 5.57 Å². The Labute approximate surface area is 108 Å². The van der Waals surface area contributed by atoms with Crippen LogP contribution in [0.15, 0.2) is 23.8 Å². The van der Waals surface area contributed by atoms with Gasteiger partial charge in [-0.3, -0.25) is 9.59 Å². The first-order chi connectivity index (χ1) is 8.75. The van der Waals surface area contributed by atoms with Crippen molar-refractivity contribution in [3.63, 3.8) is 0 Å². The number of carbonyl (C=O) groups excluding carboxylic acids is 2. The van der Waals surface area contributed by atoms with Gasteiger partial charge >= 0.3 is 5.97 Å². The third-order valence-electron chi connectivity index (χ3n) is 2.43. The number of aliphatic carboxylic acids is 1. The van der Waals surface area contributed by atoms with Gasteiger partial charge in [0.25, 0.3) is 0 Å². The van der Waals surface area contributed by atoms with Crippen LogP contribution in [0.5, 0.6) is 11.5 Å². The lowest BCUT2D eigenvalue weighted by molar-refractivity contribution is -0.134. The molecule has 0 atom stereocenters. The van der Waals surface area contributed by atoms with Crippen LogP contribution in [0.2, 0.25) is 0 Å². The quantitative estimate of drug-likeness (QED) is 0.325. The van der Waals surface area contributed by atoms with Crippen LogP contribution < -0.4 is 0 Å². The number of Topliss-reactive ketones (excluding diaryl/α,β-unsaturated/α-hetero) is 2. The normalized spacial score (nSPS) is 11.7. The van der Waals surface area contributed by atoms with Gasteiger partial charge in [-0.05, 0) is 31.5 Å². The van der Waals surface area contributed by atoms with Crippen molar-refractivity contribution in [2.45, 2.75) is 13.8 Å². The Morgan fingerprint density at radius 2 is 1.53 bits per heavy atom. The lowest BCUT2D eigenvalue weighted by atomic mass is 9.94. The molecule has 0 aromatic heterocycles. The number of phenols is 2. The fourth-order valence-electron chi connectivity index (χ4n) is 1.64. The maximum Gasteiger partial charge on any atom is 0.340 e. The average molecular weight is 264 g/mol. The molecule has 1 rings (SSSR count). The van der Waals surface area contributed by atoms with E-state index in [9.17, 15) is 24.6 Å². The lowest BCUT2D eigenvalue weighted by Gasteiger charge is -2.09. The highest BCUT2D eigenvalue weighted by Gasteiger charge is 2.23. The van der Waals surface area contributed by atoms with Crippen LogP contribution in [-0.2, 0) is 14.4 Å². The number of carboxylic acids is 1. The van der Waals surface area contributed by atoms with E-state index >= 15 is 0 Å². The molecule has 0 saturated heterocycles. The van der Waals surface area contributed by atoms with E-state index in [1.807, 2.05) is 0 Å². The summed E-state index contributed by atoms with van der Waals surface area (Å²) in [4.78, 5) is 34.0. The molecular weight excluding hydrogens is 252 g/mol. The van der Waals surface area contributed by atoms with Gasteiger partial charge in [0.15, 0.2) is 23.1 Å². The van der Waals surface area contributed by atoms with E-state index in [2.05, 4.69) is 0 Å². The number of phenolic OH excluding ortho intramolecular Hbond substituents is 2. The molecule has 3 N–H and O–H groups in total. The highest BCUT2D eigenvalue weighted by atomic mass is 16.4. The Kier molecular flexibility index (Phi) is 4.06. The third kappa shape index (κ3) is 2.98. The van der Waals surface area contributed by atoms with Crippen molar-refractivity contribution in [2.75, 3.05) is 0 Å². The Morgan fingerprint density at radius 3 is 1.89 bits per heavy atom. The second-order valence-electron chi connectivity index (χ2n) is 3.87. The Bertz CT molecular complexity index is 581. The van der Waals surface area contributed by atoms with Crippen molar-refractivity contribution in [1.29, 1.82) is 0 Å². The van der Waals surface area contributed by atoms with Gasteiger partial charge in [-0.1, -0.05) is 6.07 Å². The van der Waals surface area contributed by atoms with Gasteiger partial charge in [0, 0.05) is 5.57 Å². The van der Waals surface area contributed by atoms with E-state index in [0.29, 0.717) is 0 Å². The summed E-state index contributed by atoms with van der Waals surface area (Å²) in [7, 11) is 0. The zero-order valence-corrected chi connectivity index (χ0v) is 10.3. The predicted molar refractivity (Wildman–Crippen MR) is 65.7 cm³/mol. The number of allylic oxidation sites excluding steroid dienone is 1. The summed E-state index contributed by atoms with van der Waals surface area (Å²) in [6.07, 6.45) is 0. The Hall–Kier alpha value is -2.63. The van der Waals surface area contributed by atoms with Crippen LogP contribution in [0.25, 0.3) is 5.57 Å². The topological polar surface area (TPSA) is 112 Å². The van der Waals surface area contributed by atoms with Crippen molar-refractivity contribution in [3.8, 4) is 11.5 Å². The number of carboxylic acid groups (broad SMARTS) is 1. The van der Waals surface area contributed by atoms with E-state index in [1.165, 1.54) is 6.07 Å². The second kappa shape index (κ2) is 5.34. The summed E-state index contributed by atoms with van der Waals surface area (Å²) >= 11 is 0. The number of benzene rings is 1. The van der Waals surface area contributed by atoms with Crippen molar-refractivity contribution in [2.24, 2.45) is 0 Å². The monoisotopic (exact) mass is 264 g/mol. The standard InChI is InChI=1S/C13H12O6/c1-6(14)11(12(7(2)15)13(18)19)8-3-4-9(16)10(17)5-8/h3-5,16-17H,1-2H3,(H,18,19). The molecule has 0 bridgehead atoms. The fourth-order valence-corrected chi connectivity index (χ4v) is 1.64. The Balaban J connectivity index is 3.64. The molecule has 0 amide bonds. The van der Waals surface area contributed by atoms with Gasteiger partial charge in [0.2, 0.25) is 0 Å². The van der Waals surface area contributed by atoms with Crippen molar-refractivity contribution in [1.82, 2.24) is 0 Å². The summed E-state index contributed by atoms with van der Waals surface area (Å²) in [6.45, 7) is 2.15. The maximum atomic E-state index is 11.6. The number of hydrogen-bond donors (Lipinski definition) is 3. The molecule has 0 radical (unpaired) electrons. The SMILES string of the molecule is CC(=O)C(C(=O)O)=C(C(C)=O)c1ccc(O)c(O)c1. The third-order valence-corrected chi connectivity index (χ3v) is 2.43. The fraction of sp³-hybridized carbons (Fsp3) is 0.154. The zero-order valence-electron chi connectivity index (χ0n) is 10.3. The molecule has 100 valence electrons. The van der Waals surface area contributed by atoms with E-state index in [4.69, 9.17) is 5.11 Å². The summed E-state index contributed by atoms with van der Waals surface area (Å²) in [5.74, 6) is -3.84. The molecule has 1 aromatic carbocycles. The molecule has 0 aliphatic carbocycles. The minimum absolute atomic E-state index is 0.0513. The molecule has 0 aliphatic rings. The molecule has 19 heavy (non-hydrogen) atoms. The van der Waals surface area contributed by atoms with E-state index in [0.717, 1.165) is 26.0 Å². The average Bonchev–Trinajstić information content (AvgIpc) is 2.28. The second-order valence-corrected chi connectivity index (χ2v) is 3.87. The molecule has 0 aliphatic heterocycles. The summed E-state index contributed by atoms with van der Waals surface area (Å²) in [5.41, 5.74) is -0.914. The summed E-state index contributed by atoms with van der Waals surface area (Å²) in [5, 5.41) is 27.6. The molecule has 0 saturated carbocycles. The first-order valence-electron chi connectivity index (χ1n) is 5.27. The minimum atomic E-state index is -1.52. The highest BCUT2D eigenvalue weighted by Crippen LogP contribution is 2.30. The lowest BCUT2D eigenvalue weighted by Crippen LogP contribution is -2.15. The van der Waals surface area contributed by atoms with Crippen molar-refractivity contribution >= 4 is 23.1 Å². The number of aromatic hydroxyl groups is 2. The Morgan fingerprint density at radius 1 is 0.947 bits per heavy atom. The van der Waals surface area contributed by atoms with Gasteiger partial charge in [-0.2, -0.15) is 0 Å². The molecular formula is C13H12O6. The summed E-state index contributed by atoms with van der Waals surface area (Å²) < 4.78 is 0. The number of rotatable bonds is 4. The number of hydrogen-bond acceptors (Lipinski definition) is 5. The number of ketones is 2. The molecule has 0 fully saturated rings. The first kappa shape index (κ1) is 14.4. The highest BCUT2D eigenvalue weighted by molar-refractivity contribution is 6.34. The zero-order chi connectivity index (χ0) is 14.7. The van der Waals surface area contributed by atoms with Crippen LogP contribution in [-0.4, -0.2) is 32.9 Å². The van der Waals surface area contributed by atoms with E-state index < -0.39 is 34.6 Å². The molecule has 0 unspecified atom stereocenters. The predicted octanol–water partition coefficient (Wildman–Crippen LogP) is 1.11. The van der Waals surface area contributed by atoms with Crippen LogP contribution in [0.4, 0.5) is 0 Å². The first-order valence-corrected chi connectivity index (χ1v) is 5.27. The smallest absolute Gasteiger partial charge is 0.340 e. The minimum Gasteiger partial charge on any atom is -0.504 e. The van der Waals surface area contributed by atoms with Crippen molar-refractivity contribution < 1.29 is 29.7 Å². The number of carbonyl (C=O) groups is 3. The molecule has 1 aromatic rings. The molecule has 0 heterocycles. The van der Waals surface area contributed by atoms with Crippen LogP contribution >= 0.6 is 0 Å². The van der Waals surface area contributed by atoms with E-state index in [1.54, 1.807) is 0 Å². The summed E-state index contributed by atoms with van der Waals surface area (Å²) in [6, 6.07) is 3.38. The van der Waals surface area contributed by atoms with Gasteiger partial charge in [-0.25, -0.2) is 4.79 Å². The largest absolute Gasteiger partial charge is 0.504 e. The van der Waals surface area contributed by atoms with Crippen molar-refractivity contribution in [3.05, 3.63) is 29.3 Å². The van der Waals surface area contributed by atoms with E-state index in [-0.39, 0.29) is 11.1 Å². The molecule has 6 nitrogen and oxygen atoms in total.